The molecule has 1 aliphatic heterocycles. The Balaban J connectivity index is 2.02. The summed E-state index contributed by atoms with van der Waals surface area (Å²) in [5.41, 5.74) is 0.105. The molecule has 1 aromatic rings. The normalized spacial score (nSPS) is 23.4. The first-order valence-electron chi connectivity index (χ1n) is 6.30. The van der Waals surface area contributed by atoms with E-state index < -0.39 is 10.0 Å². The lowest BCUT2D eigenvalue weighted by Gasteiger charge is -2.39. The predicted octanol–water partition coefficient (Wildman–Crippen LogP) is 2.46. The zero-order valence-electron chi connectivity index (χ0n) is 11.1. The average Bonchev–Trinajstić information content (AvgIpc) is 2.75. The van der Waals surface area contributed by atoms with Gasteiger partial charge in [0.05, 0.1) is 4.34 Å². The molecule has 0 spiro atoms. The van der Waals surface area contributed by atoms with Crippen LogP contribution in [0.1, 0.15) is 26.7 Å². The van der Waals surface area contributed by atoms with Gasteiger partial charge in [0, 0.05) is 12.6 Å². The largest absolute Gasteiger partial charge is 0.312 e. The van der Waals surface area contributed by atoms with Crippen LogP contribution in [-0.2, 0) is 10.0 Å². The summed E-state index contributed by atoms with van der Waals surface area (Å²) in [7, 11) is -3.44. The second kappa shape index (κ2) is 5.69. The minimum absolute atomic E-state index is 0.105. The fourth-order valence-corrected chi connectivity index (χ4v) is 4.90. The zero-order chi connectivity index (χ0) is 14.1. The third-order valence-corrected chi connectivity index (χ3v) is 6.77. The molecular weight excluding hydrogens is 304 g/mol. The van der Waals surface area contributed by atoms with E-state index in [1.54, 1.807) is 6.07 Å². The molecule has 4 nitrogen and oxygen atoms in total. The van der Waals surface area contributed by atoms with Crippen molar-refractivity contribution in [2.24, 2.45) is 5.41 Å². The predicted molar refractivity (Wildman–Crippen MR) is 79.3 cm³/mol. The second-order valence-corrected chi connectivity index (χ2v) is 9.22. The molecule has 1 aromatic heterocycles. The Bertz CT molecular complexity index is 540. The molecule has 1 saturated heterocycles. The highest BCUT2D eigenvalue weighted by Gasteiger charge is 2.32. The highest BCUT2D eigenvalue weighted by molar-refractivity contribution is 7.91. The van der Waals surface area contributed by atoms with E-state index in [-0.39, 0.29) is 15.7 Å². The maximum atomic E-state index is 12.1. The van der Waals surface area contributed by atoms with Crippen molar-refractivity contribution in [3.05, 3.63) is 16.5 Å². The first-order valence-corrected chi connectivity index (χ1v) is 8.97. The topological polar surface area (TPSA) is 58.2 Å². The van der Waals surface area contributed by atoms with E-state index in [4.69, 9.17) is 11.6 Å². The lowest BCUT2D eigenvalue weighted by atomic mass is 9.78. The van der Waals surface area contributed by atoms with Crippen molar-refractivity contribution < 1.29 is 8.42 Å². The van der Waals surface area contributed by atoms with Crippen LogP contribution >= 0.6 is 22.9 Å². The van der Waals surface area contributed by atoms with E-state index in [9.17, 15) is 8.42 Å². The van der Waals surface area contributed by atoms with Gasteiger partial charge in [-0.15, -0.1) is 11.3 Å². The van der Waals surface area contributed by atoms with E-state index >= 15 is 0 Å². The van der Waals surface area contributed by atoms with Crippen molar-refractivity contribution in [2.75, 3.05) is 13.1 Å². The number of nitrogens with one attached hydrogen (secondary N) is 2. The zero-order valence-corrected chi connectivity index (χ0v) is 13.5. The maximum Gasteiger partial charge on any atom is 0.250 e. The maximum absolute atomic E-state index is 12.1. The highest BCUT2D eigenvalue weighted by atomic mass is 35.5. The molecule has 0 amide bonds. The van der Waals surface area contributed by atoms with E-state index in [2.05, 4.69) is 23.9 Å². The molecule has 2 heterocycles. The Morgan fingerprint density at radius 1 is 1.53 bits per heavy atom. The van der Waals surface area contributed by atoms with Gasteiger partial charge in [-0.25, -0.2) is 13.1 Å². The van der Waals surface area contributed by atoms with Crippen LogP contribution in [0.2, 0.25) is 4.34 Å². The van der Waals surface area contributed by atoms with Crippen LogP contribution in [0.4, 0.5) is 0 Å². The van der Waals surface area contributed by atoms with Crippen molar-refractivity contribution in [2.45, 2.75) is 36.9 Å². The summed E-state index contributed by atoms with van der Waals surface area (Å²) in [5.74, 6) is 0. The number of halogens is 1. The van der Waals surface area contributed by atoms with Crippen LogP contribution in [-0.4, -0.2) is 27.5 Å². The molecule has 2 rings (SSSR count). The van der Waals surface area contributed by atoms with Gasteiger partial charge in [0.25, 0.3) is 0 Å². The van der Waals surface area contributed by atoms with Gasteiger partial charge in [0.2, 0.25) is 10.0 Å². The number of hydrogen-bond acceptors (Lipinski definition) is 4. The van der Waals surface area contributed by atoms with Gasteiger partial charge in [-0.1, -0.05) is 25.4 Å². The third kappa shape index (κ3) is 3.70. The molecule has 1 unspecified atom stereocenters. The van der Waals surface area contributed by atoms with Gasteiger partial charge in [0.15, 0.2) is 0 Å². The molecule has 7 heteroatoms. The summed E-state index contributed by atoms with van der Waals surface area (Å²) in [6.07, 6.45) is 2.24. The number of hydrogen-bond donors (Lipinski definition) is 2. The van der Waals surface area contributed by atoms with Crippen LogP contribution in [0.25, 0.3) is 0 Å². The molecule has 1 fully saturated rings. The van der Waals surface area contributed by atoms with Gasteiger partial charge in [-0.2, -0.15) is 0 Å². The second-order valence-electron chi connectivity index (χ2n) is 5.51. The van der Waals surface area contributed by atoms with Crippen LogP contribution < -0.4 is 10.0 Å². The fraction of sp³-hybridized carbons (Fsp3) is 0.667. The number of rotatable bonds is 4. The van der Waals surface area contributed by atoms with Crippen LogP contribution in [0.3, 0.4) is 0 Å². The molecule has 1 atom stereocenters. The summed E-state index contributed by atoms with van der Waals surface area (Å²) in [6.45, 7) is 5.69. The van der Waals surface area contributed by atoms with E-state index in [1.807, 2.05) is 0 Å². The molecule has 19 heavy (non-hydrogen) atoms. The number of piperidine rings is 1. The van der Waals surface area contributed by atoms with Gasteiger partial charge < -0.3 is 5.32 Å². The molecule has 0 saturated carbocycles. The number of sulfonamides is 1. The summed E-state index contributed by atoms with van der Waals surface area (Å²) >= 11 is 6.85. The Morgan fingerprint density at radius 3 is 2.84 bits per heavy atom. The van der Waals surface area contributed by atoms with Gasteiger partial charge in [-0.3, -0.25) is 0 Å². The minimum Gasteiger partial charge on any atom is -0.312 e. The van der Waals surface area contributed by atoms with Crippen molar-refractivity contribution >= 4 is 33.0 Å². The summed E-state index contributed by atoms with van der Waals surface area (Å²) < 4.78 is 27.7. The minimum atomic E-state index is -3.44. The molecule has 0 radical (unpaired) electrons. The molecule has 108 valence electrons. The van der Waals surface area contributed by atoms with Crippen molar-refractivity contribution in [3.8, 4) is 0 Å². The first-order chi connectivity index (χ1) is 8.81. The Kier molecular flexibility index (Phi) is 4.57. The van der Waals surface area contributed by atoms with E-state index in [0.29, 0.717) is 10.9 Å². The molecule has 2 N–H and O–H groups in total. The van der Waals surface area contributed by atoms with Crippen molar-refractivity contribution in [1.29, 1.82) is 0 Å². The third-order valence-electron chi connectivity index (χ3n) is 3.62. The SMILES string of the molecule is CC1(C)CCCNC1CNS(=O)(=O)c1ccc(Cl)s1. The van der Waals surface area contributed by atoms with Gasteiger partial charge >= 0.3 is 0 Å². The van der Waals surface area contributed by atoms with Crippen molar-refractivity contribution in [1.82, 2.24) is 10.0 Å². The van der Waals surface area contributed by atoms with Crippen LogP contribution in [0, 0.1) is 5.41 Å². The average molecular weight is 323 g/mol. The lowest BCUT2D eigenvalue weighted by molar-refractivity contribution is 0.182. The summed E-state index contributed by atoms with van der Waals surface area (Å²) in [6, 6.07) is 3.30. The molecular formula is C12H19ClN2O2S2. The first kappa shape index (κ1) is 15.3. The van der Waals surface area contributed by atoms with E-state index in [1.165, 1.54) is 6.07 Å². The Labute approximate surface area is 123 Å². The fourth-order valence-electron chi connectivity index (χ4n) is 2.33. The van der Waals surface area contributed by atoms with E-state index in [0.717, 1.165) is 30.7 Å². The summed E-state index contributed by atoms with van der Waals surface area (Å²) in [5, 5.41) is 3.39. The number of thiophene rings is 1. The smallest absolute Gasteiger partial charge is 0.250 e. The Hall–Kier alpha value is -0.140. The standard InChI is InChI=1S/C12H19ClN2O2S2/c1-12(2)6-3-7-14-9(12)8-15-19(16,17)11-5-4-10(13)18-11/h4-5,9,14-15H,3,6-8H2,1-2H3. The van der Waals surface area contributed by atoms with Crippen molar-refractivity contribution in [3.63, 3.8) is 0 Å². The monoisotopic (exact) mass is 322 g/mol. The summed E-state index contributed by atoms with van der Waals surface area (Å²) in [4.78, 5) is 0. The lowest BCUT2D eigenvalue weighted by Crippen LogP contribution is -2.52. The Morgan fingerprint density at radius 2 is 2.26 bits per heavy atom. The molecule has 0 aromatic carbocycles. The van der Waals surface area contributed by atoms with Crippen LogP contribution in [0.15, 0.2) is 16.3 Å². The van der Waals surface area contributed by atoms with Crippen LogP contribution in [0.5, 0.6) is 0 Å². The molecule has 0 bridgehead atoms. The van der Waals surface area contributed by atoms with Gasteiger partial charge in [0.1, 0.15) is 4.21 Å². The molecule has 0 aliphatic carbocycles. The quantitative estimate of drug-likeness (QED) is 0.895. The highest BCUT2D eigenvalue weighted by Crippen LogP contribution is 2.30. The van der Waals surface area contributed by atoms with Gasteiger partial charge in [-0.05, 0) is 36.9 Å². The molecule has 1 aliphatic rings.